The minimum atomic E-state index is 0.227. The van der Waals surface area contributed by atoms with E-state index in [1.807, 2.05) is 59.1 Å². The maximum Gasteiger partial charge on any atom is 0.165 e. The Bertz CT molecular complexity index is 3210. The number of thiophene rings is 2. The zero-order valence-corrected chi connectivity index (χ0v) is 32.2. The molecule has 1 aliphatic heterocycles. The molecule has 2 aliphatic rings. The summed E-state index contributed by atoms with van der Waals surface area (Å²) >= 11 is 3.72. The van der Waals surface area contributed by atoms with Crippen LogP contribution in [0, 0.1) is 0 Å². The first-order valence-corrected chi connectivity index (χ1v) is 20.9. The zero-order chi connectivity index (χ0) is 37.5. The second kappa shape index (κ2) is 12.9. The van der Waals surface area contributed by atoms with Gasteiger partial charge in [0.2, 0.25) is 0 Å². The molecule has 0 fully saturated rings. The lowest BCUT2D eigenvalue weighted by Crippen LogP contribution is -2.28. The summed E-state index contributed by atoms with van der Waals surface area (Å²) in [6, 6.07) is 56.5. The van der Waals surface area contributed by atoms with Crippen molar-refractivity contribution in [3.05, 3.63) is 188 Å². The molecule has 7 aromatic carbocycles. The fraction of sp³-hybridized carbons (Fsp3) is 0.0392. The molecule has 10 aromatic rings. The lowest BCUT2D eigenvalue weighted by Gasteiger charge is -2.29. The van der Waals surface area contributed by atoms with Gasteiger partial charge in [-0.15, -0.1) is 22.7 Å². The van der Waals surface area contributed by atoms with Crippen molar-refractivity contribution in [2.24, 2.45) is 0 Å². The number of nitrogens with zero attached hydrogens (tertiary/aromatic N) is 4. The molecule has 0 N–H and O–H groups in total. The predicted molar refractivity (Wildman–Crippen MR) is 241 cm³/mol. The van der Waals surface area contributed by atoms with Crippen LogP contribution < -0.4 is 4.90 Å². The van der Waals surface area contributed by atoms with E-state index in [0.717, 1.165) is 16.7 Å². The topological polar surface area (TPSA) is 41.9 Å². The molecular weight excluding hydrogens is 733 g/mol. The maximum atomic E-state index is 5.13. The van der Waals surface area contributed by atoms with Gasteiger partial charge in [-0.05, 0) is 41.5 Å². The highest BCUT2D eigenvalue weighted by Crippen LogP contribution is 2.53. The normalized spacial score (nSPS) is 15.9. The molecule has 1 aliphatic carbocycles. The summed E-state index contributed by atoms with van der Waals surface area (Å²) in [5, 5.41) is 5.07. The fourth-order valence-electron chi connectivity index (χ4n) is 8.98. The third-order valence-corrected chi connectivity index (χ3v) is 13.9. The van der Waals surface area contributed by atoms with Crippen LogP contribution in [-0.2, 0) is 0 Å². The van der Waals surface area contributed by atoms with Crippen LogP contribution in [0.25, 0.3) is 85.6 Å². The zero-order valence-electron chi connectivity index (χ0n) is 30.6. The molecule has 4 nitrogen and oxygen atoms in total. The molecular formula is C51H32N4S2. The van der Waals surface area contributed by atoms with Gasteiger partial charge in [0.1, 0.15) is 0 Å². The van der Waals surface area contributed by atoms with E-state index in [9.17, 15) is 0 Å². The Labute approximate surface area is 337 Å². The first kappa shape index (κ1) is 32.5. The summed E-state index contributed by atoms with van der Waals surface area (Å²) in [6.45, 7) is 0. The molecule has 12 rings (SSSR count). The predicted octanol–water partition coefficient (Wildman–Crippen LogP) is 14.0. The molecule has 0 amide bonds. The highest BCUT2D eigenvalue weighted by molar-refractivity contribution is 7.27. The van der Waals surface area contributed by atoms with Crippen molar-refractivity contribution in [2.45, 2.75) is 12.0 Å². The summed E-state index contributed by atoms with van der Waals surface area (Å²) in [7, 11) is 0. The third kappa shape index (κ3) is 5.08. The van der Waals surface area contributed by atoms with Crippen molar-refractivity contribution < 1.29 is 0 Å². The Morgan fingerprint density at radius 3 is 1.74 bits per heavy atom. The van der Waals surface area contributed by atoms with Gasteiger partial charge in [-0.2, -0.15) is 0 Å². The standard InChI is InChI=1S/C51H32N4S2/c1-3-15-31(16-4-1)49-52-50(32-17-5-2-6-18-32)54-51(53-49)39-25-12-24-38-37-23-11-22-36(47(37)57-48(38)39)35-21-13-29-43-45(35)46-42(28-14-30-44(46)56-43)55-40-26-9-7-19-33(40)34-20-8-10-27-41(34)55/h1-30,33,40H. The lowest BCUT2D eigenvalue weighted by molar-refractivity contribution is 0.746. The van der Waals surface area contributed by atoms with Crippen LogP contribution in [0.15, 0.2) is 182 Å². The van der Waals surface area contributed by atoms with Crippen LogP contribution in [0.5, 0.6) is 0 Å². The second-order valence-corrected chi connectivity index (χ2v) is 16.8. The van der Waals surface area contributed by atoms with Gasteiger partial charge < -0.3 is 4.90 Å². The third-order valence-electron chi connectivity index (χ3n) is 11.5. The number of rotatable bonds is 5. The molecule has 4 heterocycles. The van der Waals surface area contributed by atoms with E-state index in [1.165, 1.54) is 68.4 Å². The van der Waals surface area contributed by atoms with Crippen LogP contribution >= 0.6 is 22.7 Å². The molecule has 0 bridgehead atoms. The van der Waals surface area contributed by atoms with Crippen molar-refractivity contribution in [1.29, 1.82) is 0 Å². The average Bonchev–Trinajstić information content (AvgIpc) is 3.97. The van der Waals surface area contributed by atoms with Gasteiger partial charge in [0.15, 0.2) is 17.5 Å². The molecule has 0 spiro atoms. The van der Waals surface area contributed by atoms with E-state index >= 15 is 0 Å². The van der Waals surface area contributed by atoms with E-state index in [4.69, 9.17) is 15.0 Å². The monoisotopic (exact) mass is 764 g/mol. The highest BCUT2D eigenvalue weighted by atomic mass is 32.1. The quantitative estimate of drug-likeness (QED) is 0.175. The average molecular weight is 765 g/mol. The summed E-state index contributed by atoms with van der Waals surface area (Å²) in [5.41, 5.74) is 9.36. The number of aromatic nitrogens is 3. The molecule has 0 radical (unpaired) electrons. The molecule has 3 aromatic heterocycles. The number of benzene rings is 7. The Morgan fingerprint density at radius 1 is 0.421 bits per heavy atom. The van der Waals surface area contributed by atoms with E-state index in [-0.39, 0.29) is 6.04 Å². The second-order valence-electron chi connectivity index (χ2n) is 14.7. The van der Waals surface area contributed by atoms with Crippen molar-refractivity contribution in [2.75, 3.05) is 4.90 Å². The number of anilines is 2. The highest BCUT2D eigenvalue weighted by Gasteiger charge is 2.38. The van der Waals surface area contributed by atoms with Crippen molar-refractivity contribution in [3.63, 3.8) is 0 Å². The van der Waals surface area contributed by atoms with Crippen molar-refractivity contribution in [1.82, 2.24) is 15.0 Å². The summed E-state index contributed by atoms with van der Waals surface area (Å²) in [5.74, 6) is 2.32. The van der Waals surface area contributed by atoms with E-state index < -0.39 is 0 Å². The molecule has 2 atom stereocenters. The molecule has 57 heavy (non-hydrogen) atoms. The fourth-order valence-corrected chi connectivity index (χ4v) is 11.5. The van der Waals surface area contributed by atoms with Gasteiger partial charge in [-0.25, -0.2) is 15.0 Å². The minimum Gasteiger partial charge on any atom is -0.333 e. The number of hydrogen-bond acceptors (Lipinski definition) is 6. The number of hydrogen-bond donors (Lipinski definition) is 0. The van der Waals surface area contributed by atoms with Crippen LogP contribution in [-0.4, -0.2) is 21.0 Å². The van der Waals surface area contributed by atoms with Gasteiger partial charge in [0, 0.05) is 74.2 Å². The Kier molecular flexibility index (Phi) is 7.37. The molecule has 268 valence electrons. The number of fused-ring (bicyclic) bond motifs is 9. The number of para-hydroxylation sites is 1. The first-order chi connectivity index (χ1) is 28.3. The Hall–Kier alpha value is -6.73. The summed E-state index contributed by atoms with van der Waals surface area (Å²) in [4.78, 5) is 17.8. The van der Waals surface area contributed by atoms with Gasteiger partial charge in [-0.1, -0.05) is 152 Å². The lowest BCUT2D eigenvalue weighted by atomic mass is 9.91. The molecule has 0 saturated carbocycles. The van der Waals surface area contributed by atoms with Crippen LogP contribution in [0.1, 0.15) is 11.5 Å². The maximum absolute atomic E-state index is 5.13. The van der Waals surface area contributed by atoms with Gasteiger partial charge in [-0.3, -0.25) is 0 Å². The molecule has 2 unspecified atom stereocenters. The van der Waals surface area contributed by atoms with Crippen LogP contribution in [0.4, 0.5) is 11.4 Å². The SMILES string of the molecule is C1=CC2c3ccccc3N(c3cccc4sc5cccc(-c6cccc7c6sc6c(-c8nc(-c9ccccc9)nc(-c9ccccc9)n8)cccc67)c5c34)C2C=C1. The molecule has 0 saturated heterocycles. The van der Waals surface area contributed by atoms with Crippen LogP contribution in [0.2, 0.25) is 0 Å². The van der Waals surface area contributed by atoms with Gasteiger partial charge in [0.05, 0.1) is 11.7 Å². The minimum absolute atomic E-state index is 0.227. The van der Waals surface area contributed by atoms with Gasteiger partial charge >= 0.3 is 0 Å². The van der Waals surface area contributed by atoms with Crippen molar-refractivity contribution in [3.8, 4) is 45.3 Å². The van der Waals surface area contributed by atoms with Crippen LogP contribution in [0.3, 0.4) is 0 Å². The van der Waals surface area contributed by atoms with Crippen molar-refractivity contribution >= 4 is 74.4 Å². The number of allylic oxidation sites excluding steroid dienone is 2. The van der Waals surface area contributed by atoms with Gasteiger partial charge in [0.25, 0.3) is 0 Å². The summed E-state index contributed by atoms with van der Waals surface area (Å²) < 4.78 is 5.03. The Balaban J connectivity index is 1.07. The van der Waals surface area contributed by atoms with E-state index in [2.05, 4.69) is 151 Å². The first-order valence-electron chi connectivity index (χ1n) is 19.3. The smallest absolute Gasteiger partial charge is 0.165 e. The Morgan fingerprint density at radius 2 is 0.982 bits per heavy atom. The van der Waals surface area contributed by atoms with E-state index in [1.54, 1.807) is 0 Å². The molecule has 6 heteroatoms. The van der Waals surface area contributed by atoms with E-state index in [0.29, 0.717) is 23.4 Å². The summed E-state index contributed by atoms with van der Waals surface area (Å²) in [6.07, 6.45) is 9.13. The largest absolute Gasteiger partial charge is 0.333 e.